The molecule has 2 bridgehead atoms. The van der Waals surface area contributed by atoms with Gasteiger partial charge in [-0.1, -0.05) is 24.3 Å². The van der Waals surface area contributed by atoms with Gasteiger partial charge in [0.25, 0.3) is 11.5 Å². The fourth-order valence-corrected chi connectivity index (χ4v) is 8.21. The maximum atomic E-state index is 14.5. The maximum absolute atomic E-state index is 14.5. The second-order valence-corrected chi connectivity index (χ2v) is 13.8. The lowest BCUT2D eigenvalue weighted by molar-refractivity contribution is -0.159. The number of likely N-dealkylation sites (N-methyl/N-ethyl adjacent to an activating group) is 1. The summed E-state index contributed by atoms with van der Waals surface area (Å²) in [6.07, 6.45) is 1.18. The number of rotatable bonds is 9. The number of hydrogen-bond donors (Lipinski definition) is 0. The van der Waals surface area contributed by atoms with Crippen LogP contribution in [0.15, 0.2) is 59.4 Å². The minimum absolute atomic E-state index is 0.0227. The molecule has 4 aliphatic heterocycles. The van der Waals surface area contributed by atoms with Gasteiger partial charge in [0, 0.05) is 89.1 Å². The number of amides is 5. The Morgan fingerprint density at radius 3 is 2.42 bits per heavy atom. The molecule has 2 saturated heterocycles. The highest BCUT2D eigenvalue weighted by molar-refractivity contribution is 6.19. The fourth-order valence-electron chi connectivity index (χ4n) is 8.21. The third-order valence-corrected chi connectivity index (χ3v) is 10.6. The van der Waals surface area contributed by atoms with E-state index >= 15 is 0 Å². The molecule has 2 aromatic carbocycles. The van der Waals surface area contributed by atoms with Gasteiger partial charge in [-0.25, -0.2) is 4.79 Å². The molecule has 1 aromatic heterocycles. The van der Waals surface area contributed by atoms with Crippen molar-refractivity contribution in [1.29, 1.82) is 0 Å². The molecule has 5 amide bonds. The van der Waals surface area contributed by atoms with Gasteiger partial charge in [-0.3, -0.25) is 29.0 Å². The van der Waals surface area contributed by atoms with E-state index < -0.39 is 23.3 Å². The Balaban J connectivity index is 1.27. The number of fused-ring (bicyclic) bond motifs is 5. The predicted molar refractivity (Wildman–Crippen MR) is 181 cm³/mol. The first-order chi connectivity index (χ1) is 24.0. The zero-order chi connectivity index (χ0) is 35.3. The van der Waals surface area contributed by atoms with E-state index in [1.807, 2.05) is 34.9 Å². The molecule has 4 aliphatic rings. The van der Waals surface area contributed by atoms with Crippen LogP contribution in [0.5, 0.6) is 17.2 Å². The van der Waals surface area contributed by atoms with Crippen LogP contribution < -0.4 is 19.8 Å². The van der Waals surface area contributed by atoms with Crippen molar-refractivity contribution in [3.63, 3.8) is 0 Å². The summed E-state index contributed by atoms with van der Waals surface area (Å²) in [5, 5.41) is 0. The van der Waals surface area contributed by atoms with Crippen LogP contribution in [0.3, 0.4) is 0 Å². The van der Waals surface area contributed by atoms with Crippen molar-refractivity contribution in [2.45, 2.75) is 31.7 Å². The van der Waals surface area contributed by atoms with Gasteiger partial charge < -0.3 is 28.6 Å². The molecule has 0 radical (unpaired) electrons. The van der Waals surface area contributed by atoms with Crippen LogP contribution in [0.2, 0.25) is 0 Å². The van der Waals surface area contributed by atoms with Gasteiger partial charge in [0.2, 0.25) is 24.4 Å². The standard InChI is InChI=1S/C37H41N5O8/c1-38(33(44)24-9-6-5-7-10-24)14-13-25-16-29-32(50-22-49-29)31(48-4)27(25)17-37(34(45)39(2)36(47)40(3)35(37)46)21-41-18-23-15-26(20-41)28-11-8-12-30(43)42(28)19-23/h5-12,16,23,26H,13-15,17-22H2,1-4H3/t23-,26-/m0/s1. The molecule has 0 spiro atoms. The Morgan fingerprint density at radius 1 is 0.960 bits per heavy atom. The van der Waals surface area contributed by atoms with Gasteiger partial charge in [0.05, 0.1) is 7.11 Å². The minimum Gasteiger partial charge on any atom is -0.492 e. The monoisotopic (exact) mass is 683 g/mol. The van der Waals surface area contributed by atoms with Crippen LogP contribution in [0.1, 0.15) is 39.5 Å². The van der Waals surface area contributed by atoms with E-state index in [2.05, 4.69) is 4.90 Å². The number of pyridine rings is 1. The van der Waals surface area contributed by atoms with E-state index in [0.717, 1.165) is 27.5 Å². The second kappa shape index (κ2) is 12.9. The second-order valence-electron chi connectivity index (χ2n) is 13.8. The highest BCUT2D eigenvalue weighted by atomic mass is 16.7. The van der Waals surface area contributed by atoms with Gasteiger partial charge in [-0.15, -0.1) is 0 Å². The lowest BCUT2D eigenvalue weighted by atomic mass is 9.74. The van der Waals surface area contributed by atoms with Crippen molar-refractivity contribution in [2.24, 2.45) is 11.3 Å². The Labute approximate surface area is 289 Å². The number of hydrogen-bond acceptors (Lipinski definition) is 9. The number of imide groups is 2. The van der Waals surface area contributed by atoms with Crippen LogP contribution in [-0.4, -0.2) is 109 Å². The average molecular weight is 684 g/mol. The summed E-state index contributed by atoms with van der Waals surface area (Å²) in [5.74, 6) is 0.0480. The van der Waals surface area contributed by atoms with E-state index in [-0.39, 0.29) is 43.1 Å². The number of piperidine rings is 1. The largest absolute Gasteiger partial charge is 0.492 e. The molecule has 2 fully saturated rings. The molecule has 50 heavy (non-hydrogen) atoms. The van der Waals surface area contributed by atoms with Crippen LogP contribution >= 0.6 is 0 Å². The summed E-state index contributed by atoms with van der Waals surface area (Å²) in [6, 6.07) is 15.5. The Morgan fingerprint density at radius 2 is 1.70 bits per heavy atom. The molecule has 262 valence electrons. The molecule has 13 heteroatoms. The smallest absolute Gasteiger partial charge is 0.332 e. The van der Waals surface area contributed by atoms with Crippen molar-refractivity contribution in [3.8, 4) is 17.2 Å². The summed E-state index contributed by atoms with van der Waals surface area (Å²) in [5.41, 5.74) is 1.09. The summed E-state index contributed by atoms with van der Waals surface area (Å²) in [6.45, 7) is 2.04. The van der Waals surface area contributed by atoms with E-state index in [1.54, 1.807) is 36.2 Å². The third-order valence-electron chi connectivity index (χ3n) is 10.6. The zero-order valence-corrected chi connectivity index (χ0v) is 28.7. The van der Waals surface area contributed by atoms with Crippen LogP contribution in [-0.2, 0) is 29.0 Å². The van der Waals surface area contributed by atoms with Crippen molar-refractivity contribution in [3.05, 3.63) is 87.3 Å². The Hall–Kier alpha value is -5.17. The van der Waals surface area contributed by atoms with Crippen LogP contribution in [0.25, 0.3) is 0 Å². The Bertz CT molecular complexity index is 1900. The van der Waals surface area contributed by atoms with Gasteiger partial charge in [0.1, 0.15) is 5.41 Å². The number of methoxy groups -OCH3 is 1. The molecular weight excluding hydrogens is 642 g/mol. The predicted octanol–water partition coefficient (Wildman–Crippen LogP) is 2.60. The molecule has 0 aliphatic carbocycles. The van der Waals surface area contributed by atoms with E-state index in [0.29, 0.717) is 61.0 Å². The molecule has 0 saturated carbocycles. The number of urea groups is 1. The summed E-state index contributed by atoms with van der Waals surface area (Å²) in [4.78, 5) is 73.7. The topological polar surface area (TPSA) is 131 Å². The summed E-state index contributed by atoms with van der Waals surface area (Å²) < 4.78 is 19.4. The molecular formula is C37H41N5O8. The highest BCUT2D eigenvalue weighted by Crippen LogP contribution is 2.48. The molecule has 13 nitrogen and oxygen atoms in total. The average Bonchev–Trinajstić information content (AvgIpc) is 3.60. The first-order valence-electron chi connectivity index (χ1n) is 16.8. The molecule has 5 heterocycles. The van der Waals surface area contributed by atoms with Crippen LogP contribution in [0, 0.1) is 11.3 Å². The molecule has 7 rings (SSSR count). The first kappa shape index (κ1) is 33.3. The lowest BCUT2D eigenvalue weighted by Crippen LogP contribution is -2.67. The number of ether oxygens (including phenoxy) is 3. The number of carbonyl (C=O) groups excluding carboxylic acids is 4. The fraction of sp³-hybridized carbons (Fsp3) is 0.432. The normalized spacial score (nSPS) is 20.9. The maximum Gasteiger partial charge on any atom is 0.332 e. The number of likely N-dealkylation sites (tertiary alicyclic amines) is 1. The molecule has 0 N–H and O–H groups in total. The molecule has 3 aromatic rings. The number of benzene rings is 2. The quantitative estimate of drug-likeness (QED) is 0.313. The van der Waals surface area contributed by atoms with Gasteiger partial charge >= 0.3 is 6.03 Å². The van der Waals surface area contributed by atoms with Crippen molar-refractivity contribution >= 4 is 23.8 Å². The highest BCUT2D eigenvalue weighted by Gasteiger charge is 2.57. The summed E-state index contributed by atoms with van der Waals surface area (Å²) >= 11 is 0. The molecule has 2 atom stereocenters. The van der Waals surface area contributed by atoms with Gasteiger partial charge in [-0.2, -0.15) is 0 Å². The Kier molecular flexibility index (Phi) is 8.63. The third kappa shape index (κ3) is 5.59. The number of carbonyl (C=O) groups is 4. The van der Waals surface area contributed by atoms with Crippen molar-refractivity contribution < 1.29 is 33.4 Å². The summed E-state index contributed by atoms with van der Waals surface area (Å²) in [7, 11) is 6.03. The number of barbiturate groups is 1. The van der Waals surface area contributed by atoms with Crippen molar-refractivity contribution in [1.82, 2.24) is 24.2 Å². The van der Waals surface area contributed by atoms with E-state index in [1.165, 1.54) is 21.2 Å². The minimum atomic E-state index is -1.69. The van der Waals surface area contributed by atoms with Crippen LogP contribution in [0.4, 0.5) is 4.79 Å². The zero-order valence-electron chi connectivity index (χ0n) is 28.7. The first-order valence-corrected chi connectivity index (χ1v) is 16.8. The van der Waals surface area contributed by atoms with E-state index in [4.69, 9.17) is 14.2 Å². The lowest BCUT2D eigenvalue weighted by Gasteiger charge is -2.48. The molecule has 0 unspecified atom stereocenters. The SMILES string of the molecule is COc1c(CC2(CN3C[C@@H]4C[C@@H](C3)c3cccc(=O)n3C4)C(=O)N(C)C(=O)N(C)C2=O)c(CCN(C)C(=O)c2ccccc2)cc2c1OCO2. The van der Waals surface area contributed by atoms with Gasteiger partial charge in [0.15, 0.2) is 11.5 Å². The number of nitrogens with zero attached hydrogens (tertiary/aromatic N) is 5. The van der Waals surface area contributed by atoms with Gasteiger partial charge in [-0.05, 0) is 48.6 Å². The van der Waals surface area contributed by atoms with E-state index in [9.17, 15) is 24.0 Å². The van der Waals surface area contributed by atoms with Crippen molar-refractivity contribution in [2.75, 3.05) is 61.2 Å². The number of aromatic nitrogens is 1.